The number of nitrogens with one attached hydrogen (secondary N) is 2. The Labute approximate surface area is 169 Å². The fourth-order valence-electron chi connectivity index (χ4n) is 2.63. The first-order valence-corrected chi connectivity index (χ1v) is 9.14. The number of carboxylic acid groups (broad SMARTS) is 1. The summed E-state index contributed by atoms with van der Waals surface area (Å²) in [4.78, 5) is 36.2. The average Bonchev–Trinajstić information content (AvgIpc) is 2.73. The predicted octanol–water partition coefficient (Wildman–Crippen LogP) is 2.67. The summed E-state index contributed by atoms with van der Waals surface area (Å²) in [5.41, 5.74) is 1.62. The average molecular weight is 396 g/mol. The summed E-state index contributed by atoms with van der Waals surface area (Å²) in [5.74, 6) is -1.79. The molecule has 0 heterocycles. The Balaban J connectivity index is 2.05. The van der Waals surface area contributed by atoms with Crippen molar-refractivity contribution in [1.82, 2.24) is 10.6 Å². The number of carbonyl (C=O) groups is 3. The molecule has 0 bridgehead atoms. The monoisotopic (exact) mass is 396 g/mol. The largest absolute Gasteiger partial charge is 0.480 e. The van der Waals surface area contributed by atoms with Crippen molar-refractivity contribution < 1.29 is 24.2 Å². The van der Waals surface area contributed by atoms with Gasteiger partial charge in [0.2, 0.25) is 5.91 Å². The molecule has 3 N–H and O–H groups in total. The van der Waals surface area contributed by atoms with E-state index < -0.39 is 30.1 Å². The zero-order valence-electron chi connectivity index (χ0n) is 15.9. The van der Waals surface area contributed by atoms with E-state index in [9.17, 15) is 19.5 Å². The molecule has 0 aromatic heterocycles. The molecule has 152 valence electrons. The molecular weight excluding hydrogens is 372 g/mol. The van der Waals surface area contributed by atoms with Crippen molar-refractivity contribution in [3.63, 3.8) is 0 Å². The fourth-order valence-corrected chi connectivity index (χ4v) is 2.63. The molecule has 0 aliphatic heterocycles. The van der Waals surface area contributed by atoms with Gasteiger partial charge >= 0.3 is 12.1 Å². The van der Waals surface area contributed by atoms with Gasteiger partial charge in [-0.05, 0) is 17.5 Å². The van der Waals surface area contributed by atoms with E-state index in [1.807, 2.05) is 60.7 Å². The summed E-state index contributed by atoms with van der Waals surface area (Å²) in [6.45, 7) is 3.56. The molecule has 0 aliphatic rings. The molecular formula is C22H24N2O5. The van der Waals surface area contributed by atoms with Crippen LogP contribution in [0.1, 0.15) is 17.5 Å². The van der Waals surface area contributed by atoms with Crippen molar-refractivity contribution in [2.45, 2.75) is 31.5 Å². The molecule has 0 aliphatic carbocycles. The van der Waals surface area contributed by atoms with E-state index in [1.165, 1.54) is 6.08 Å². The number of ether oxygens (including phenoxy) is 1. The van der Waals surface area contributed by atoms with Gasteiger partial charge in [0.15, 0.2) is 0 Å². The van der Waals surface area contributed by atoms with Crippen molar-refractivity contribution in [3.8, 4) is 0 Å². The van der Waals surface area contributed by atoms with Crippen molar-refractivity contribution in [1.29, 1.82) is 0 Å². The lowest BCUT2D eigenvalue weighted by Crippen LogP contribution is -2.52. The van der Waals surface area contributed by atoms with Crippen molar-refractivity contribution >= 4 is 18.0 Å². The molecule has 7 heteroatoms. The predicted molar refractivity (Wildman–Crippen MR) is 108 cm³/mol. The standard InChI is InChI=1S/C22H24N2O5/c1-2-9-18(21(26)27)23-20(25)19(14-16-10-5-3-6-11-16)24-22(28)29-15-17-12-7-4-8-13-17/h2-8,10-13,18-19H,1,9,14-15H2,(H,23,25)(H,24,28)(H,26,27)/t18-,19-/m1/s1. The Bertz CT molecular complexity index is 824. The van der Waals surface area contributed by atoms with Gasteiger partial charge in [0.25, 0.3) is 0 Å². The van der Waals surface area contributed by atoms with E-state index in [0.717, 1.165) is 11.1 Å². The third-order valence-electron chi connectivity index (χ3n) is 4.12. The van der Waals surface area contributed by atoms with Crippen LogP contribution in [0, 0.1) is 0 Å². The molecule has 0 fully saturated rings. The molecule has 2 atom stereocenters. The molecule has 2 aromatic rings. The van der Waals surface area contributed by atoms with Crippen LogP contribution in [0.4, 0.5) is 4.79 Å². The van der Waals surface area contributed by atoms with Gasteiger partial charge in [-0.25, -0.2) is 9.59 Å². The Kier molecular flexibility index (Phi) is 8.44. The minimum absolute atomic E-state index is 0.0561. The van der Waals surface area contributed by atoms with Crippen LogP contribution in [0.5, 0.6) is 0 Å². The molecule has 0 spiro atoms. The zero-order chi connectivity index (χ0) is 21.1. The van der Waals surface area contributed by atoms with E-state index in [0.29, 0.717) is 0 Å². The molecule has 29 heavy (non-hydrogen) atoms. The van der Waals surface area contributed by atoms with Crippen molar-refractivity contribution in [3.05, 3.63) is 84.4 Å². The van der Waals surface area contributed by atoms with E-state index in [4.69, 9.17) is 4.74 Å². The number of carboxylic acids is 1. The number of aliphatic carboxylic acids is 1. The second-order valence-corrected chi connectivity index (χ2v) is 6.37. The van der Waals surface area contributed by atoms with Crippen LogP contribution in [0.25, 0.3) is 0 Å². The van der Waals surface area contributed by atoms with E-state index in [2.05, 4.69) is 17.2 Å². The number of amides is 2. The number of carbonyl (C=O) groups excluding carboxylic acids is 2. The molecule has 0 unspecified atom stereocenters. The van der Waals surface area contributed by atoms with E-state index >= 15 is 0 Å². The third kappa shape index (κ3) is 7.50. The quantitative estimate of drug-likeness (QED) is 0.536. The summed E-state index contributed by atoms with van der Waals surface area (Å²) in [5, 5.41) is 14.2. The highest BCUT2D eigenvalue weighted by molar-refractivity contribution is 5.89. The Hall–Kier alpha value is -3.61. The number of alkyl carbamates (subject to hydrolysis) is 1. The maximum Gasteiger partial charge on any atom is 0.408 e. The summed E-state index contributed by atoms with van der Waals surface area (Å²) in [7, 11) is 0. The van der Waals surface area contributed by atoms with Gasteiger partial charge in [-0.2, -0.15) is 0 Å². The molecule has 2 aromatic carbocycles. The third-order valence-corrected chi connectivity index (χ3v) is 4.12. The zero-order valence-corrected chi connectivity index (χ0v) is 15.9. The summed E-state index contributed by atoms with van der Waals surface area (Å²) in [6.07, 6.45) is 0.901. The van der Waals surface area contributed by atoms with Gasteiger partial charge in [-0.3, -0.25) is 4.79 Å². The Morgan fingerprint density at radius 2 is 1.52 bits per heavy atom. The Morgan fingerprint density at radius 3 is 2.07 bits per heavy atom. The van der Waals surface area contributed by atoms with E-state index in [-0.39, 0.29) is 19.4 Å². The fraction of sp³-hybridized carbons (Fsp3) is 0.227. The van der Waals surface area contributed by atoms with E-state index in [1.54, 1.807) is 0 Å². The highest BCUT2D eigenvalue weighted by Gasteiger charge is 2.26. The number of hydrogen-bond donors (Lipinski definition) is 3. The minimum Gasteiger partial charge on any atom is -0.480 e. The smallest absolute Gasteiger partial charge is 0.408 e. The minimum atomic E-state index is -1.18. The normalized spacial score (nSPS) is 12.3. The number of hydrogen-bond acceptors (Lipinski definition) is 4. The first kappa shape index (κ1) is 21.7. The maximum atomic E-state index is 12.7. The van der Waals surface area contributed by atoms with Crippen molar-refractivity contribution in [2.24, 2.45) is 0 Å². The number of rotatable bonds is 10. The van der Waals surface area contributed by atoms with Gasteiger partial charge < -0.3 is 20.5 Å². The lowest BCUT2D eigenvalue weighted by Gasteiger charge is -2.21. The molecule has 2 rings (SSSR count). The highest BCUT2D eigenvalue weighted by atomic mass is 16.5. The first-order valence-electron chi connectivity index (χ1n) is 9.14. The van der Waals surface area contributed by atoms with Gasteiger partial charge in [-0.1, -0.05) is 66.7 Å². The van der Waals surface area contributed by atoms with Crippen LogP contribution in [0.3, 0.4) is 0 Å². The molecule has 0 saturated heterocycles. The van der Waals surface area contributed by atoms with Gasteiger partial charge in [0.05, 0.1) is 0 Å². The highest BCUT2D eigenvalue weighted by Crippen LogP contribution is 2.06. The second kappa shape index (κ2) is 11.3. The van der Waals surface area contributed by atoms with Crippen LogP contribution in [0.15, 0.2) is 73.3 Å². The van der Waals surface area contributed by atoms with Gasteiger partial charge in [0.1, 0.15) is 18.7 Å². The SMILES string of the molecule is C=CC[C@@H](NC(=O)[C@@H](Cc1ccccc1)NC(=O)OCc1ccccc1)C(=O)O. The summed E-state index contributed by atoms with van der Waals surface area (Å²) < 4.78 is 5.18. The molecule has 2 amide bonds. The molecule has 0 saturated carbocycles. The lowest BCUT2D eigenvalue weighted by atomic mass is 10.0. The first-order chi connectivity index (χ1) is 14.0. The molecule has 7 nitrogen and oxygen atoms in total. The lowest BCUT2D eigenvalue weighted by molar-refractivity contribution is -0.142. The number of benzene rings is 2. The maximum absolute atomic E-state index is 12.7. The van der Waals surface area contributed by atoms with Gasteiger partial charge in [0, 0.05) is 6.42 Å². The van der Waals surface area contributed by atoms with Gasteiger partial charge in [-0.15, -0.1) is 6.58 Å². The van der Waals surface area contributed by atoms with Crippen molar-refractivity contribution in [2.75, 3.05) is 0 Å². The van der Waals surface area contributed by atoms with Crippen LogP contribution in [-0.2, 0) is 27.4 Å². The summed E-state index contributed by atoms with van der Waals surface area (Å²) in [6, 6.07) is 16.1. The molecule has 0 radical (unpaired) electrons. The Morgan fingerprint density at radius 1 is 0.931 bits per heavy atom. The van der Waals surface area contributed by atoms with Crippen LogP contribution in [0.2, 0.25) is 0 Å². The van der Waals surface area contributed by atoms with Crippen LogP contribution >= 0.6 is 0 Å². The summed E-state index contributed by atoms with van der Waals surface area (Å²) >= 11 is 0. The topological polar surface area (TPSA) is 105 Å². The van der Waals surface area contributed by atoms with Crippen LogP contribution < -0.4 is 10.6 Å². The van der Waals surface area contributed by atoms with Crippen LogP contribution in [-0.4, -0.2) is 35.2 Å². The second-order valence-electron chi connectivity index (χ2n) is 6.37.